The van der Waals surface area contributed by atoms with Gasteiger partial charge >= 0.3 is 0 Å². The zero-order chi connectivity index (χ0) is 16.1. The molecule has 0 atom stereocenters. The number of nitrogens with two attached hydrogens (primary N) is 1. The van der Waals surface area contributed by atoms with Crippen LogP contribution in [0, 0.1) is 5.41 Å². The number of amides is 1. The van der Waals surface area contributed by atoms with E-state index in [1.807, 2.05) is 30.3 Å². The van der Waals surface area contributed by atoms with E-state index in [-0.39, 0.29) is 5.91 Å². The summed E-state index contributed by atoms with van der Waals surface area (Å²) in [5.74, 6) is 0.644. The Balaban J connectivity index is 1.69. The fraction of sp³-hybridized carbons (Fsp3) is 0.412. The number of ether oxygens (including phenoxy) is 1. The maximum absolute atomic E-state index is 12.6. The van der Waals surface area contributed by atoms with Crippen LogP contribution in [-0.2, 0) is 16.1 Å². The summed E-state index contributed by atoms with van der Waals surface area (Å²) in [6.07, 6.45) is 2.70. The first-order valence-electron chi connectivity index (χ1n) is 7.79. The molecule has 1 aliphatic rings. The lowest BCUT2D eigenvalue weighted by Crippen LogP contribution is -2.49. The summed E-state index contributed by atoms with van der Waals surface area (Å²) in [7, 11) is 0. The molecule has 2 aromatic rings. The monoisotopic (exact) mass is 315 g/mol. The zero-order valence-electron chi connectivity index (χ0n) is 13.0. The van der Waals surface area contributed by atoms with Crippen LogP contribution in [0.4, 0.5) is 0 Å². The molecule has 3 N–H and O–H groups in total. The van der Waals surface area contributed by atoms with Crippen LogP contribution < -0.4 is 11.1 Å². The van der Waals surface area contributed by atoms with E-state index in [0.29, 0.717) is 50.6 Å². The van der Waals surface area contributed by atoms with Crippen molar-refractivity contribution in [2.45, 2.75) is 19.4 Å². The van der Waals surface area contributed by atoms with Gasteiger partial charge in [0.2, 0.25) is 5.91 Å². The van der Waals surface area contributed by atoms with E-state index in [9.17, 15) is 4.79 Å². The Bertz CT molecular complexity index is 648. The molecule has 122 valence electrons. The Morgan fingerprint density at radius 1 is 1.26 bits per heavy atom. The Kier molecular flexibility index (Phi) is 4.73. The van der Waals surface area contributed by atoms with Crippen LogP contribution in [0.3, 0.4) is 0 Å². The molecule has 1 fully saturated rings. The number of benzene rings is 1. The molecule has 1 saturated heterocycles. The molecule has 1 amide bonds. The molecule has 1 aromatic heterocycles. The smallest absolute Gasteiger partial charge is 0.227 e. The van der Waals surface area contributed by atoms with Gasteiger partial charge in [0.15, 0.2) is 12.2 Å². The molecule has 0 bridgehead atoms. The molecule has 0 unspecified atom stereocenters. The lowest BCUT2D eigenvalue weighted by Gasteiger charge is -2.34. The van der Waals surface area contributed by atoms with Crippen molar-refractivity contribution in [2.75, 3.05) is 19.8 Å². The van der Waals surface area contributed by atoms with Gasteiger partial charge in [-0.2, -0.15) is 0 Å². The second kappa shape index (κ2) is 6.93. The molecule has 1 aromatic carbocycles. The fourth-order valence-corrected chi connectivity index (χ4v) is 2.86. The first-order chi connectivity index (χ1) is 11.2. The third-order valence-electron chi connectivity index (χ3n) is 4.42. The molecule has 0 spiro atoms. The first-order valence-corrected chi connectivity index (χ1v) is 7.79. The van der Waals surface area contributed by atoms with Crippen LogP contribution in [-0.4, -0.2) is 30.6 Å². The van der Waals surface area contributed by atoms with Crippen molar-refractivity contribution >= 4 is 5.91 Å². The van der Waals surface area contributed by atoms with Gasteiger partial charge in [0.05, 0.1) is 12.0 Å². The van der Waals surface area contributed by atoms with E-state index >= 15 is 0 Å². The molecule has 6 heteroatoms. The van der Waals surface area contributed by atoms with E-state index in [4.69, 9.17) is 14.9 Å². The minimum Gasteiger partial charge on any atom is -0.443 e. The second-order valence-corrected chi connectivity index (χ2v) is 5.77. The summed E-state index contributed by atoms with van der Waals surface area (Å²) >= 11 is 0. The SMILES string of the molecule is NCC1(C(=O)NCc2ncoc2-c2ccccc2)CCOCC1. The topological polar surface area (TPSA) is 90.4 Å². The molecule has 1 aliphatic heterocycles. The third-order valence-corrected chi connectivity index (χ3v) is 4.42. The normalized spacial score (nSPS) is 16.9. The number of oxazole rings is 1. The van der Waals surface area contributed by atoms with Crippen LogP contribution in [0.1, 0.15) is 18.5 Å². The van der Waals surface area contributed by atoms with Gasteiger partial charge in [-0.3, -0.25) is 4.79 Å². The molecule has 6 nitrogen and oxygen atoms in total. The molecule has 3 rings (SSSR count). The third kappa shape index (κ3) is 3.28. The van der Waals surface area contributed by atoms with Gasteiger partial charge < -0.3 is 20.2 Å². The van der Waals surface area contributed by atoms with Gasteiger partial charge in [0.1, 0.15) is 5.69 Å². The van der Waals surface area contributed by atoms with Crippen LogP contribution in [0.2, 0.25) is 0 Å². The van der Waals surface area contributed by atoms with Crippen molar-refractivity contribution in [2.24, 2.45) is 11.1 Å². The van der Waals surface area contributed by atoms with E-state index in [2.05, 4.69) is 10.3 Å². The summed E-state index contributed by atoms with van der Waals surface area (Å²) in [5, 5.41) is 2.96. The highest BCUT2D eigenvalue weighted by atomic mass is 16.5. The quantitative estimate of drug-likeness (QED) is 0.876. The lowest BCUT2D eigenvalue weighted by molar-refractivity contribution is -0.136. The summed E-state index contributed by atoms with van der Waals surface area (Å²) in [4.78, 5) is 16.8. The predicted octanol–water partition coefficient (Wildman–Crippen LogP) is 1.71. The highest BCUT2D eigenvalue weighted by Crippen LogP contribution is 2.30. The number of rotatable bonds is 5. The minimum atomic E-state index is -0.533. The van der Waals surface area contributed by atoms with Crippen molar-refractivity contribution in [3.05, 3.63) is 42.4 Å². The molecule has 0 radical (unpaired) electrons. The average Bonchev–Trinajstić information content (AvgIpc) is 3.09. The number of nitrogens with one attached hydrogen (secondary N) is 1. The van der Waals surface area contributed by atoms with Crippen molar-refractivity contribution in [1.29, 1.82) is 0 Å². The van der Waals surface area contributed by atoms with E-state index in [1.54, 1.807) is 0 Å². The molecule has 23 heavy (non-hydrogen) atoms. The maximum Gasteiger partial charge on any atom is 0.227 e. The largest absolute Gasteiger partial charge is 0.443 e. The summed E-state index contributed by atoms with van der Waals surface area (Å²) in [6.45, 7) is 1.79. The highest BCUT2D eigenvalue weighted by Gasteiger charge is 2.38. The second-order valence-electron chi connectivity index (χ2n) is 5.77. The van der Waals surface area contributed by atoms with Gasteiger partial charge in [0.25, 0.3) is 0 Å². The molecular formula is C17H21N3O3. The number of nitrogens with zero attached hydrogens (tertiary/aromatic N) is 1. The fourth-order valence-electron chi connectivity index (χ4n) is 2.86. The van der Waals surface area contributed by atoms with Crippen molar-refractivity contribution in [3.63, 3.8) is 0 Å². The van der Waals surface area contributed by atoms with Crippen LogP contribution in [0.25, 0.3) is 11.3 Å². The standard InChI is InChI=1S/C17H21N3O3/c18-11-17(6-8-22-9-7-17)16(21)19-10-14-15(23-12-20-14)13-4-2-1-3-5-13/h1-5,12H,6-11,18H2,(H,19,21). The van der Waals surface area contributed by atoms with Gasteiger partial charge in [-0.15, -0.1) is 0 Å². The number of hydrogen-bond acceptors (Lipinski definition) is 5. The molecule has 0 saturated carbocycles. The van der Waals surface area contributed by atoms with Crippen molar-refractivity contribution in [1.82, 2.24) is 10.3 Å². The number of carbonyl (C=O) groups excluding carboxylic acids is 1. The van der Waals surface area contributed by atoms with Crippen LogP contribution in [0.15, 0.2) is 41.1 Å². The van der Waals surface area contributed by atoms with E-state index < -0.39 is 5.41 Å². The maximum atomic E-state index is 12.6. The predicted molar refractivity (Wildman–Crippen MR) is 85.3 cm³/mol. The summed E-state index contributed by atoms with van der Waals surface area (Å²) in [6, 6.07) is 9.71. The highest BCUT2D eigenvalue weighted by molar-refractivity contribution is 5.83. The Hall–Kier alpha value is -2.18. The van der Waals surface area contributed by atoms with Crippen molar-refractivity contribution in [3.8, 4) is 11.3 Å². The summed E-state index contributed by atoms with van der Waals surface area (Å²) in [5.41, 5.74) is 6.98. The van der Waals surface area contributed by atoms with Gasteiger partial charge in [-0.1, -0.05) is 30.3 Å². The van der Waals surface area contributed by atoms with Crippen LogP contribution in [0.5, 0.6) is 0 Å². The molecular weight excluding hydrogens is 294 g/mol. The van der Waals surface area contributed by atoms with Crippen LogP contribution >= 0.6 is 0 Å². The Labute approximate surface area is 135 Å². The Morgan fingerprint density at radius 3 is 2.70 bits per heavy atom. The van der Waals surface area contributed by atoms with Gasteiger partial charge in [0, 0.05) is 25.3 Å². The first kappa shape index (κ1) is 15.7. The zero-order valence-corrected chi connectivity index (χ0v) is 13.0. The average molecular weight is 315 g/mol. The lowest BCUT2D eigenvalue weighted by atomic mass is 9.79. The van der Waals surface area contributed by atoms with E-state index in [1.165, 1.54) is 6.39 Å². The Morgan fingerprint density at radius 2 is 2.00 bits per heavy atom. The molecule has 0 aliphatic carbocycles. The number of carbonyl (C=O) groups is 1. The summed E-state index contributed by atoms with van der Waals surface area (Å²) < 4.78 is 10.8. The molecule has 2 heterocycles. The number of hydrogen-bond donors (Lipinski definition) is 2. The minimum absolute atomic E-state index is 0.0367. The number of aromatic nitrogens is 1. The van der Waals surface area contributed by atoms with E-state index in [0.717, 1.165) is 5.56 Å². The van der Waals surface area contributed by atoms with Gasteiger partial charge in [-0.05, 0) is 12.8 Å². The van der Waals surface area contributed by atoms with Crippen molar-refractivity contribution < 1.29 is 13.9 Å². The van der Waals surface area contributed by atoms with Gasteiger partial charge in [-0.25, -0.2) is 4.98 Å².